The number of nitrogens with one attached hydrogen (secondary N) is 4. The topological polar surface area (TPSA) is 255 Å². The molecule has 9 N–H and O–H groups in total. The van der Waals surface area contributed by atoms with E-state index in [9.17, 15) is 24.0 Å². The highest BCUT2D eigenvalue weighted by molar-refractivity contribution is 5.95. The van der Waals surface area contributed by atoms with Gasteiger partial charge in [-0.25, -0.2) is 4.68 Å². The molecule has 0 aliphatic heterocycles. The van der Waals surface area contributed by atoms with Crippen LogP contribution in [-0.4, -0.2) is 101 Å². The summed E-state index contributed by atoms with van der Waals surface area (Å²) in [6.45, 7) is 7.30. The van der Waals surface area contributed by atoms with E-state index in [0.29, 0.717) is 60.8 Å². The van der Waals surface area contributed by atoms with Gasteiger partial charge in [0.15, 0.2) is 0 Å². The second-order valence-corrected chi connectivity index (χ2v) is 13.6. The number of benzene rings is 2. The number of aliphatic hydroxyl groups is 1. The quantitative estimate of drug-likeness (QED) is 0.0589. The van der Waals surface area contributed by atoms with E-state index in [-0.39, 0.29) is 56.5 Å². The number of hydrogen-bond acceptors (Lipinski definition) is 11. The van der Waals surface area contributed by atoms with E-state index in [1.54, 1.807) is 53.3 Å². The van der Waals surface area contributed by atoms with Gasteiger partial charge in [0, 0.05) is 36.7 Å². The lowest BCUT2D eigenvalue weighted by Crippen LogP contribution is -2.46. The van der Waals surface area contributed by atoms with E-state index < -0.39 is 30.5 Å². The van der Waals surface area contributed by atoms with E-state index in [1.807, 2.05) is 26.8 Å². The first-order valence-corrected chi connectivity index (χ1v) is 18.4. The zero-order chi connectivity index (χ0) is 40.2. The standard InChI is InChI=1S/C38H55N9O8/c1-25(2)18-26(3)35(50)44-33(34(40)49)12-4-5-13-41-36(51)28-9-6-8-27(19-28)21-47-22-30(45-46-47)24-55-31-11-7-10-29(20-31)37(52)42-14-16-54-17-15-43-38(53)32(39)23-48/h6-11,19-20,22,25-26,32-33,48H,4-5,12-18,21,23-24,39H2,1-3H3,(H2,40,49)(H,41,51)(H,42,52)(H,43,53)(H,44,50)/t26-,32+,33-/m0/s1. The van der Waals surface area contributed by atoms with Gasteiger partial charge < -0.3 is 47.3 Å². The number of nitrogens with two attached hydrogens (primary N) is 2. The lowest BCUT2D eigenvalue weighted by molar-refractivity contribution is -0.130. The largest absolute Gasteiger partial charge is 0.487 e. The minimum Gasteiger partial charge on any atom is -0.487 e. The number of carbonyl (C=O) groups excluding carboxylic acids is 5. The predicted octanol–water partition coefficient (Wildman–Crippen LogP) is 0.640. The van der Waals surface area contributed by atoms with Crippen LogP contribution in [0.1, 0.15) is 78.4 Å². The molecule has 2 aromatic carbocycles. The molecule has 0 aliphatic rings. The third-order valence-corrected chi connectivity index (χ3v) is 8.35. The Kier molecular flexibility index (Phi) is 18.7. The molecule has 0 unspecified atom stereocenters. The van der Waals surface area contributed by atoms with Crippen LogP contribution in [-0.2, 0) is 32.3 Å². The maximum Gasteiger partial charge on any atom is 0.251 e. The molecule has 300 valence electrons. The highest BCUT2D eigenvalue weighted by Gasteiger charge is 2.22. The van der Waals surface area contributed by atoms with E-state index in [2.05, 4.69) is 31.6 Å². The Hall–Kier alpha value is -5.39. The first-order chi connectivity index (χ1) is 26.4. The number of hydrogen-bond donors (Lipinski definition) is 7. The maximum atomic E-state index is 12.9. The number of primary amides is 1. The van der Waals surface area contributed by atoms with Crippen LogP contribution in [0.25, 0.3) is 0 Å². The van der Waals surface area contributed by atoms with E-state index in [1.165, 1.54) is 0 Å². The van der Waals surface area contributed by atoms with Gasteiger partial charge in [-0.15, -0.1) is 5.10 Å². The van der Waals surface area contributed by atoms with E-state index >= 15 is 0 Å². The zero-order valence-corrected chi connectivity index (χ0v) is 31.8. The molecule has 3 rings (SSSR count). The van der Waals surface area contributed by atoms with Crippen molar-refractivity contribution in [2.75, 3.05) is 39.5 Å². The molecule has 0 aliphatic carbocycles. The fourth-order valence-corrected chi connectivity index (χ4v) is 5.46. The van der Waals surface area contributed by atoms with Gasteiger partial charge in [0.25, 0.3) is 11.8 Å². The van der Waals surface area contributed by atoms with Crippen molar-refractivity contribution in [3.05, 3.63) is 77.1 Å². The number of amides is 5. The molecule has 17 nitrogen and oxygen atoms in total. The van der Waals surface area contributed by atoms with Gasteiger partial charge in [-0.1, -0.05) is 44.2 Å². The Morgan fingerprint density at radius 2 is 1.55 bits per heavy atom. The molecule has 3 atom stereocenters. The van der Waals surface area contributed by atoms with Crippen LogP contribution in [0.4, 0.5) is 0 Å². The highest BCUT2D eigenvalue weighted by atomic mass is 16.5. The molecule has 17 heteroatoms. The summed E-state index contributed by atoms with van der Waals surface area (Å²) in [6.07, 6.45) is 4.05. The van der Waals surface area contributed by atoms with Crippen LogP contribution in [0.15, 0.2) is 54.7 Å². The number of aliphatic hydroxyl groups excluding tert-OH is 1. The van der Waals surface area contributed by atoms with Gasteiger partial charge in [-0.05, 0) is 67.5 Å². The Bertz CT molecular complexity index is 1700. The zero-order valence-electron chi connectivity index (χ0n) is 31.8. The number of carbonyl (C=O) groups is 5. The Morgan fingerprint density at radius 3 is 2.24 bits per heavy atom. The number of nitrogens with zero attached hydrogens (tertiary/aromatic N) is 3. The minimum absolute atomic E-state index is 0.116. The van der Waals surface area contributed by atoms with Crippen LogP contribution in [0.2, 0.25) is 0 Å². The summed E-state index contributed by atoms with van der Waals surface area (Å²) in [7, 11) is 0. The summed E-state index contributed by atoms with van der Waals surface area (Å²) in [5.41, 5.74) is 13.2. The summed E-state index contributed by atoms with van der Waals surface area (Å²) in [5.74, 6) is -1.14. The summed E-state index contributed by atoms with van der Waals surface area (Å²) in [6, 6.07) is 12.2. The number of ether oxygens (including phenoxy) is 2. The molecule has 55 heavy (non-hydrogen) atoms. The maximum absolute atomic E-state index is 12.9. The molecular formula is C38H55N9O8. The third kappa shape index (κ3) is 16.3. The minimum atomic E-state index is -0.973. The van der Waals surface area contributed by atoms with Gasteiger partial charge in [0.05, 0.1) is 32.6 Å². The molecule has 0 radical (unpaired) electrons. The summed E-state index contributed by atoms with van der Waals surface area (Å²) < 4.78 is 12.9. The van der Waals surface area contributed by atoms with Crippen molar-refractivity contribution in [3.8, 4) is 5.75 Å². The average molecular weight is 766 g/mol. The fraction of sp³-hybridized carbons (Fsp3) is 0.500. The fourth-order valence-electron chi connectivity index (χ4n) is 5.46. The van der Waals surface area contributed by atoms with Crippen LogP contribution in [0.5, 0.6) is 5.75 Å². The first-order valence-electron chi connectivity index (χ1n) is 18.4. The Balaban J connectivity index is 1.37. The van der Waals surface area contributed by atoms with Crippen molar-refractivity contribution < 1.29 is 38.6 Å². The van der Waals surface area contributed by atoms with Gasteiger partial charge >= 0.3 is 0 Å². The molecule has 3 aromatic rings. The highest BCUT2D eigenvalue weighted by Crippen LogP contribution is 2.16. The molecule has 5 amide bonds. The van der Waals surface area contributed by atoms with Gasteiger partial charge in [0.2, 0.25) is 17.7 Å². The number of rotatable bonds is 25. The van der Waals surface area contributed by atoms with Gasteiger partial charge in [-0.2, -0.15) is 0 Å². The molecule has 0 saturated heterocycles. The second-order valence-electron chi connectivity index (χ2n) is 13.6. The van der Waals surface area contributed by atoms with Crippen molar-refractivity contribution in [1.29, 1.82) is 0 Å². The summed E-state index contributed by atoms with van der Waals surface area (Å²) >= 11 is 0. The van der Waals surface area contributed by atoms with Crippen LogP contribution in [0.3, 0.4) is 0 Å². The monoisotopic (exact) mass is 765 g/mol. The molecule has 1 heterocycles. The van der Waals surface area contributed by atoms with Gasteiger partial charge in [-0.3, -0.25) is 24.0 Å². The molecule has 0 fully saturated rings. The molecule has 0 saturated carbocycles. The van der Waals surface area contributed by atoms with Crippen molar-refractivity contribution in [3.63, 3.8) is 0 Å². The van der Waals surface area contributed by atoms with Crippen LogP contribution < -0.4 is 37.5 Å². The smallest absolute Gasteiger partial charge is 0.251 e. The van der Waals surface area contributed by atoms with Crippen molar-refractivity contribution in [2.45, 2.75) is 71.7 Å². The summed E-state index contributed by atoms with van der Waals surface area (Å²) in [4.78, 5) is 61.3. The predicted molar refractivity (Wildman–Crippen MR) is 203 cm³/mol. The normalized spacial score (nSPS) is 12.7. The summed E-state index contributed by atoms with van der Waals surface area (Å²) in [5, 5.41) is 28.2. The van der Waals surface area contributed by atoms with E-state index in [0.717, 1.165) is 12.0 Å². The molecule has 1 aromatic heterocycles. The Morgan fingerprint density at radius 1 is 0.873 bits per heavy atom. The number of aromatic nitrogens is 3. The SMILES string of the molecule is CC(C)C[C@H](C)C(=O)N[C@@H](CCCCNC(=O)c1cccc(Cn2cc(COc3cccc(C(=O)NCCOCCNC(=O)[C@H](N)CO)c3)nn2)c1)C(N)=O. The molecule has 0 bridgehead atoms. The molecular weight excluding hydrogens is 710 g/mol. The van der Waals surface area contributed by atoms with Crippen molar-refractivity contribution in [1.82, 2.24) is 36.3 Å². The number of unbranched alkanes of at least 4 members (excludes halogenated alkanes) is 1. The van der Waals surface area contributed by atoms with Crippen LogP contribution >= 0.6 is 0 Å². The average Bonchev–Trinajstić information content (AvgIpc) is 3.62. The van der Waals surface area contributed by atoms with Crippen molar-refractivity contribution >= 4 is 29.5 Å². The van der Waals surface area contributed by atoms with Gasteiger partial charge in [0.1, 0.15) is 30.1 Å². The lowest BCUT2D eigenvalue weighted by atomic mass is 9.97. The third-order valence-electron chi connectivity index (χ3n) is 8.35. The van der Waals surface area contributed by atoms with Crippen LogP contribution in [0, 0.1) is 11.8 Å². The Labute approximate surface area is 321 Å². The first kappa shape index (κ1) is 44.0. The lowest BCUT2D eigenvalue weighted by Gasteiger charge is -2.19. The second kappa shape index (κ2) is 23.4. The molecule has 0 spiro atoms. The van der Waals surface area contributed by atoms with Crippen molar-refractivity contribution in [2.24, 2.45) is 23.3 Å². The van der Waals surface area contributed by atoms with E-state index in [4.69, 9.17) is 26.0 Å².